The van der Waals surface area contributed by atoms with E-state index in [0.717, 1.165) is 29.6 Å². The van der Waals surface area contributed by atoms with Crippen LogP contribution in [0.1, 0.15) is 113 Å². The molecule has 0 heteroatoms. The fourth-order valence-electron chi connectivity index (χ4n) is 9.27. The molecular weight excluding hydrogens is 360 g/mol. The maximum absolute atomic E-state index is 4.36. The maximum atomic E-state index is 4.36. The van der Waals surface area contributed by atoms with Crippen LogP contribution in [0.25, 0.3) is 0 Å². The van der Waals surface area contributed by atoms with E-state index in [0.29, 0.717) is 22.2 Å². The molecule has 170 valence electrons. The fourth-order valence-corrected chi connectivity index (χ4v) is 9.27. The number of allylic oxidation sites excluding steroid dienone is 3. The molecule has 0 spiro atoms. The Morgan fingerprint density at radius 2 is 1.80 bits per heavy atom. The monoisotopic (exact) mass is 410 g/mol. The lowest BCUT2D eigenvalue weighted by Gasteiger charge is -2.62. The second-order valence-corrected chi connectivity index (χ2v) is 13.2. The lowest BCUT2D eigenvalue weighted by molar-refractivity contribution is -0.0548. The van der Waals surface area contributed by atoms with Gasteiger partial charge in [0.1, 0.15) is 0 Å². The first-order chi connectivity index (χ1) is 14.0. The molecule has 0 heterocycles. The molecule has 8 unspecified atom stereocenters. The van der Waals surface area contributed by atoms with Gasteiger partial charge in [0.2, 0.25) is 0 Å². The number of hydrogen-bond acceptors (Lipinski definition) is 0. The quantitative estimate of drug-likeness (QED) is 0.396. The average Bonchev–Trinajstić information content (AvgIpc) is 2.97. The number of hydrogen-bond donors (Lipinski definition) is 0. The van der Waals surface area contributed by atoms with Crippen molar-refractivity contribution in [1.82, 2.24) is 0 Å². The van der Waals surface area contributed by atoms with Gasteiger partial charge >= 0.3 is 0 Å². The third-order valence-corrected chi connectivity index (χ3v) is 11.7. The highest BCUT2D eigenvalue weighted by atomic mass is 14.7. The molecule has 3 fully saturated rings. The first-order valence-electron chi connectivity index (χ1n) is 13.4. The van der Waals surface area contributed by atoms with Gasteiger partial charge in [-0.25, -0.2) is 0 Å². The summed E-state index contributed by atoms with van der Waals surface area (Å²) in [7, 11) is 0. The van der Waals surface area contributed by atoms with Crippen molar-refractivity contribution in [2.45, 2.75) is 113 Å². The highest BCUT2D eigenvalue weighted by Crippen LogP contribution is 2.72. The van der Waals surface area contributed by atoms with Gasteiger partial charge < -0.3 is 0 Å². The molecule has 0 radical (unpaired) electrons. The molecule has 8 atom stereocenters. The fraction of sp³-hybridized carbons (Fsp3) is 0.867. The van der Waals surface area contributed by atoms with E-state index in [4.69, 9.17) is 0 Å². The van der Waals surface area contributed by atoms with Crippen molar-refractivity contribution in [1.29, 1.82) is 0 Å². The average molecular weight is 411 g/mol. The molecule has 0 aromatic rings. The van der Waals surface area contributed by atoms with Crippen molar-refractivity contribution in [2.24, 2.45) is 51.8 Å². The highest BCUT2D eigenvalue weighted by molar-refractivity contribution is 5.32. The van der Waals surface area contributed by atoms with Gasteiger partial charge in [0.05, 0.1) is 0 Å². The summed E-state index contributed by atoms with van der Waals surface area (Å²) >= 11 is 0. The molecule has 0 N–H and O–H groups in total. The van der Waals surface area contributed by atoms with Crippen LogP contribution in [0.4, 0.5) is 0 Å². The highest BCUT2D eigenvalue weighted by Gasteiger charge is 2.63. The smallest absolute Gasteiger partial charge is 0.00568 e. The lowest BCUT2D eigenvalue weighted by Crippen LogP contribution is -2.53. The van der Waals surface area contributed by atoms with Crippen molar-refractivity contribution in [3.05, 3.63) is 23.8 Å². The molecule has 3 saturated carbocycles. The molecule has 30 heavy (non-hydrogen) atoms. The molecule has 0 aromatic heterocycles. The van der Waals surface area contributed by atoms with Gasteiger partial charge in [-0.2, -0.15) is 0 Å². The number of rotatable bonds is 5. The summed E-state index contributed by atoms with van der Waals surface area (Å²) in [6.07, 6.45) is 16.9. The van der Waals surface area contributed by atoms with E-state index in [1.54, 1.807) is 0 Å². The summed E-state index contributed by atoms with van der Waals surface area (Å²) in [6.45, 7) is 22.2. The van der Waals surface area contributed by atoms with Crippen LogP contribution in [0.2, 0.25) is 0 Å². The van der Waals surface area contributed by atoms with Gasteiger partial charge in [-0.05, 0) is 103 Å². The van der Waals surface area contributed by atoms with Crippen molar-refractivity contribution in [3.63, 3.8) is 0 Å². The first-order valence-corrected chi connectivity index (χ1v) is 13.4. The molecular formula is C30H50. The second kappa shape index (κ2) is 7.81. The Morgan fingerprint density at radius 1 is 1.07 bits per heavy atom. The van der Waals surface area contributed by atoms with Crippen LogP contribution >= 0.6 is 0 Å². The minimum absolute atomic E-state index is 0.443. The van der Waals surface area contributed by atoms with Crippen LogP contribution in [0.3, 0.4) is 0 Å². The van der Waals surface area contributed by atoms with Gasteiger partial charge in [0.25, 0.3) is 0 Å². The largest absolute Gasteiger partial charge is 0.0996 e. The number of fused-ring (bicyclic) bond motifs is 5. The summed E-state index contributed by atoms with van der Waals surface area (Å²) in [4.78, 5) is 0. The molecule has 0 nitrogen and oxygen atoms in total. The van der Waals surface area contributed by atoms with E-state index in [-0.39, 0.29) is 0 Å². The van der Waals surface area contributed by atoms with Gasteiger partial charge in [0, 0.05) is 0 Å². The summed E-state index contributed by atoms with van der Waals surface area (Å²) in [5.74, 6) is 5.08. The Labute approximate surface area is 188 Å². The topological polar surface area (TPSA) is 0 Å². The van der Waals surface area contributed by atoms with E-state index in [9.17, 15) is 0 Å². The molecule has 0 aliphatic heterocycles. The molecule has 0 bridgehead atoms. The third-order valence-electron chi connectivity index (χ3n) is 11.7. The van der Waals surface area contributed by atoms with Crippen molar-refractivity contribution < 1.29 is 0 Å². The predicted molar refractivity (Wildman–Crippen MR) is 131 cm³/mol. The first kappa shape index (κ1) is 22.7. The van der Waals surface area contributed by atoms with E-state index < -0.39 is 0 Å². The van der Waals surface area contributed by atoms with Crippen molar-refractivity contribution >= 4 is 0 Å². The zero-order chi connectivity index (χ0) is 21.9. The van der Waals surface area contributed by atoms with Crippen LogP contribution in [-0.4, -0.2) is 0 Å². The van der Waals surface area contributed by atoms with E-state index in [1.165, 1.54) is 69.8 Å². The van der Waals surface area contributed by atoms with Gasteiger partial charge in [-0.3, -0.25) is 0 Å². The lowest BCUT2D eigenvalue weighted by atomic mass is 9.43. The normalized spacial score (nSPS) is 46.6. The van der Waals surface area contributed by atoms with Crippen molar-refractivity contribution in [2.75, 3.05) is 0 Å². The summed E-state index contributed by atoms with van der Waals surface area (Å²) < 4.78 is 0. The second-order valence-electron chi connectivity index (χ2n) is 13.2. The minimum Gasteiger partial charge on any atom is -0.0996 e. The Morgan fingerprint density at radius 3 is 2.50 bits per heavy atom. The summed E-state index contributed by atoms with van der Waals surface area (Å²) in [5.41, 5.74) is 4.89. The third kappa shape index (κ3) is 3.21. The van der Waals surface area contributed by atoms with Crippen LogP contribution in [0.15, 0.2) is 23.8 Å². The van der Waals surface area contributed by atoms with Gasteiger partial charge in [0.15, 0.2) is 0 Å². The Kier molecular flexibility index (Phi) is 5.90. The van der Waals surface area contributed by atoms with E-state index in [1.807, 2.05) is 5.57 Å². The SMILES string of the molecule is C=C(CCC(C)C1CCC2(C)C3=CCC4C(C)CCCC4(C)C3CCC12C)C(C)C. The molecule has 4 aliphatic carbocycles. The molecule has 0 saturated heterocycles. The van der Waals surface area contributed by atoms with Crippen LogP contribution < -0.4 is 0 Å². The molecule has 0 aromatic carbocycles. The zero-order valence-corrected chi connectivity index (χ0v) is 21.3. The Bertz CT molecular complexity index is 697. The van der Waals surface area contributed by atoms with E-state index in [2.05, 4.69) is 61.1 Å². The van der Waals surface area contributed by atoms with Crippen LogP contribution in [0, 0.1) is 51.8 Å². The minimum atomic E-state index is 0.443. The van der Waals surface area contributed by atoms with Gasteiger partial charge in [-0.15, -0.1) is 0 Å². The predicted octanol–water partition coefficient (Wildman–Crippen LogP) is 9.22. The van der Waals surface area contributed by atoms with E-state index >= 15 is 0 Å². The Balaban J connectivity index is 1.58. The summed E-state index contributed by atoms with van der Waals surface area (Å²) in [5, 5.41) is 0. The maximum Gasteiger partial charge on any atom is -0.00568 e. The molecule has 4 aliphatic rings. The van der Waals surface area contributed by atoms with Gasteiger partial charge in [-0.1, -0.05) is 85.1 Å². The zero-order valence-electron chi connectivity index (χ0n) is 21.3. The van der Waals surface area contributed by atoms with Crippen LogP contribution in [0.5, 0.6) is 0 Å². The van der Waals surface area contributed by atoms with Crippen LogP contribution in [-0.2, 0) is 0 Å². The molecule has 0 amide bonds. The standard InChI is InChI=1S/C30H50/c1-20(2)21(3)11-12-23(5)25-15-18-30(8)27-14-13-24-22(4)10-9-17-28(24,6)26(27)16-19-29(25,30)7/h14,20,22-26H,3,9-13,15-19H2,1-2,4-8H3. The Hall–Kier alpha value is -0.520. The molecule has 4 rings (SSSR count). The summed E-state index contributed by atoms with van der Waals surface area (Å²) in [6, 6.07) is 0. The van der Waals surface area contributed by atoms with Crippen molar-refractivity contribution in [3.8, 4) is 0 Å².